The maximum Gasteiger partial charge on any atom is 0.297 e. The van der Waals surface area contributed by atoms with Crippen LogP contribution in [0, 0.1) is 13.8 Å². The lowest BCUT2D eigenvalue weighted by Gasteiger charge is -2.51. The first kappa shape index (κ1) is 67.5. The van der Waals surface area contributed by atoms with E-state index in [2.05, 4.69) is 0 Å². The number of ether oxygens (including phenoxy) is 12. The Morgan fingerprint density at radius 1 is 0.302 bits per heavy atom. The molecule has 12 bridgehead atoms. The molecule has 0 saturated carbocycles. The number of aryl methyl sites for hydroxylation is 2. The summed E-state index contributed by atoms with van der Waals surface area (Å²) in [5.74, 6) is 0. The molecular weight excluding hydrogens is 1210 g/mol. The second kappa shape index (κ2) is 27.9. The molecule has 0 aromatic heterocycles. The van der Waals surface area contributed by atoms with Crippen LogP contribution in [0.4, 0.5) is 0 Å². The summed E-state index contributed by atoms with van der Waals surface area (Å²) in [4.78, 5) is -1.04. The minimum atomic E-state index is -5.08. The van der Waals surface area contributed by atoms with Gasteiger partial charge in [0.2, 0.25) is 0 Å². The number of hydrogen-bond donors (Lipinski definition) is 16. The van der Waals surface area contributed by atoms with Crippen molar-refractivity contribution in [3.05, 3.63) is 59.7 Å². The lowest BCUT2D eigenvalue weighted by atomic mass is 9.94. The van der Waals surface area contributed by atoms with Gasteiger partial charge in [-0.3, -0.25) is 8.37 Å². The third-order valence-electron chi connectivity index (χ3n) is 15.7. The fraction of sp³-hybridized carbons (Fsp3) is 0.760. The van der Waals surface area contributed by atoms with E-state index in [1.807, 2.05) is 0 Å². The molecule has 22 saturated heterocycles. The molecule has 22 fully saturated rings. The van der Waals surface area contributed by atoms with Crippen LogP contribution in [0.25, 0.3) is 0 Å². The van der Waals surface area contributed by atoms with Gasteiger partial charge in [0, 0.05) is 0 Å². The lowest BCUT2D eigenvalue weighted by Crippen LogP contribution is -2.69. The molecule has 2 aromatic rings. The third kappa shape index (κ3) is 13.7. The van der Waals surface area contributed by atoms with E-state index in [1.54, 1.807) is 13.8 Å². The summed E-state index contributed by atoms with van der Waals surface area (Å²) in [7, 11) is -10.2. The van der Waals surface area contributed by atoms with Crippen molar-refractivity contribution in [3.8, 4) is 0 Å². The van der Waals surface area contributed by atoms with Gasteiger partial charge >= 0.3 is 0 Å². The van der Waals surface area contributed by atoms with Crippen molar-refractivity contribution < 1.29 is 164 Å². The van der Waals surface area contributed by atoms with Gasteiger partial charge in [-0.05, 0) is 38.1 Å². The first-order valence-electron chi connectivity index (χ1n) is 27.1. The van der Waals surface area contributed by atoms with Gasteiger partial charge in [-0.2, -0.15) is 16.8 Å². The zero-order valence-corrected chi connectivity index (χ0v) is 47.1. The summed E-state index contributed by atoms with van der Waals surface area (Å²) in [5, 5.41) is 180. The van der Waals surface area contributed by atoms with Gasteiger partial charge in [0.1, 0.15) is 146 Å². The predicted molar refractivity (Wildman–Crippen MR) is 270 cm³/mol. The van der Waals surface area contributed by atoms with Crippen LogP contribution in [-0.4, -0.2) is 322 Å². The summed E-state index contributed by atoms with van der Waals surface area (Å²) < 4.78 is 138. The largest absolute Gasteiger partial charge is 0.394 e. The van der Waals surface area contributed by atoms with Gasteiger partial charge in [0.15, 0.2) is 37.7 Å². The van der Waals surface area contributed by atoms with Crippen LogP contribution in [0.1, 0.15) is 11.1 Å². The van der Waals surface area contributed by atoms with Crippen LogP contribution < -0.4 is 0 Å². The van der Waals surface area contributed by atoms with Crippen molar-refractivity contribution >= 4 is 20.2 Å². The van der Waals surface area contributed by atoms with E-state index in [-0.39, 0.29) is 0 Å². The molecule has 22 aliphatic heterocycles. The Labute approximate surface area is 489 Å². The lowest BCUT2D eigenvalue weighted by molar-refractivity contribution is -0.402. The van der Waals surface area contributed by atoms with E-state index >= 15 is 0 Å². The van der Waals surface area contributed by atoms with Gasteiger partial charge in [-0.1, -0.05) is 35.4 Å². The Morgan fingerprint density at radius 2 is 0.500 bits per heavy atom. The normalized spacial score (nSPS) is 45.6. The molecule has 0 radical (unpaired) electrons. The molecule has 22 aliphatic rings. The molecule has 16 N–H and O–H groups in total. The van der Waals surface area contributed by atoms with E-state index in [1.165, 1.54) is 24.3 Å². The minimum Gasteiger partial charge on any atom is -0.394 e. The minimum absolute atomic E-state index is 0.519. The Morgan fingerprint density at radius 3 is 0.721 bits per heavy atom. The Balaban J connectivity index is 1.11. The van der Waals surface area contributed by atoms with Crippen LogP contribution in [0.2, 0.25) is 0 Å². The van der Waals surface area contributed by atoms with Crippen molar-refractivity contribution in [1.82, 2.24) is 0 Å². The van der Waals surface area contributed by atoms with Gasteiger partial charge < -0.3 is 139 Å². The van der Waals surface area contributed by atoms with Gasteiger partial charge in [0.25, 0.3) is 20.2 Å². The van der Waals surface area contributed by atoms with Crippen LogP contribution in [0.15, 0.2) is 58.3 Å². The molecule has 488 valence electrons. The van der Waals surface area contributed by atoms with Gasteiger partial charge in [-0.25, -0.2) is 0 Å². The fourth-order valence-corrected chi connectivity index (χ4v) is 13.1. The Hall–Kier alpha value is -2.86. The zero-order valence-electron chi connectivity index (χ0n) is 45.5. The molecule has 0 spiro atoms. The SMILES string of the molecule is Cc1ccc(S(=O)(=O)O[C@@H]2[C@@H](O)[C@H]3O[C@@H]4[C@H](OS(=O)(=O)c5ccc(C)cc5)[C@@H](O)[C@@H](O[C@H]5[C@H](O)[C@@H](O)[C@@H](O[C@H]6[C@H](O)[C@@H](O)[C@@H](O[C@H]7[C@H](O)[C@@H](O)[C@@H](O[C@H]8[C@H](O)[C@@H](O)[C@@H](O[C@H]2[C@@H](CO)O3)O[C@@H]8CO)O[C@@H]7CO)O[C@@H]6CO)O[C@@H]5CO)O[C@@H]4CO)cc1. The molecule has 36 heteroatoms. The van der Waals surface area contributed by atoms with E-state index in [9.17, 15) is 98.5 Å². The van der Waals surface area contributed by atoms with Crippen LogP contribution >= 0.6 is 0 Å². The molecule has 0 aliphatic carbocycles. The number of aliphatic hydroxyl groups is 16. The van der Waals surface area contributed by atoms with E-state index in [0.717, 1.165) is 24.3 Å². The molecule has 30 atom stereocenters. The summed E-state index contributed by atoms with van der Waals surface area (Å²) in [6.07, 6.45) is -64.5. The van der Waals surface area contributed by atoms with E-state index in [4.69, 9.17) is 65.2 Å². The Kier molecular flexibility index (Phi) is 21.9. The fourth-order valence-electron chi connectivity index (χ4n) is 10.9. The summed E-state index contributed by atoms with van der Waals surface area (Å²) >= 11 is 0. The zero-order chi connectivity index (χ0) is 62.4. The van der Waals surface area contributed by atoms with Crippen LogP contribution in [0.5, 0.6) is 0 Å². The molecule has 2 aromatic carbocycles. The maximum atomic E-state index is 14.2. The molecular formula is C50H72O34S2. The van der Waals surface area contributed by atoms with E-state index < -0.39 is 254 Å². The summed E-state index contributed by atoms with van der Waals surface area (Å²) in [6, 6.07) is 10.0. The molecule has 24 rings (SSSR count). The van der Waals surface area contributed by atoms with Crippen LogP contribution in [0.3, 0.4) is 0 Å². The van der Waals surface area contributed by atoms with Gasteiger partial charge in [0.05, 0.1) is 49.4 Å². The first-order valence-corrected chi connectivity index (χ1v) is 29.9. The number of benzene rings is 2. The summed E-state index contributed by atoms with van der Waals surface area (Å²) in [5.41, 5.74) is 1.18. The van der Waals surface area contributed by atoms with Gasteiger partial charge in [-0.15, -0.1) is 0 Å². The highest BCUT2D eigenvalue weighted by Crippen LogP contribution is 2.40. The molecule has 0 unspecified atom stereocenters. The highest BCUT2D eigenvalue weighted by atomic mass is 32.2. The molecule has 34 nitrogen and oxygen atoms in total. The van der Waals surface area contributed by atoms with E-state index in [0.29, 0.717) is 11.1 Å². The second-order valence-electron chi connectivity index (χ2n) is 21.5. The highest BCUT2D eigenvalue weighted by Gasteiger charge is 2.60. The maximum absolute atomic E-state index is 14.2. The van der Waals surface area contributed by atoms with Crippen molar-refractivity contribution in [2.24, 2.45) is 0 Å². The summed E-state index contributed by atoms with van der Waals surface area (Å²) in [6.45, 7) is -3.57. The average Bonchev–Trinajstić information content (AvgIpc) is 3.59. The number of rotatable bonds is 12. The standard InChI is InChI=1S/C50H72O34S2/c1-17-3-7-19(8-4-17)85(67,68)83-43-35(65)49-75-26(16-56)42(43)82-50-36(66)44(84-86(69,70)20-9-5-18(2)6-10-20)41(25(15-55)76-50)81-48-34(64)30(60)39(23(13-53)74-48)79-46-32(62)28(58)37(21(11-51)72-46)77-45-31(61)27(57)38(22(12-52)71-45)78-47-33(63)29(59)40(80-49)24(14-54)73-47/h3-10,21-66H,11-16H2,1-2H3/t21-,22-,23-,24-,25-,26-,27-,28-,29-,30-,31-,32-,33-,34-,35-,36-,37-,38-,39-,40-,41+,42+,43-,44-,45-,46-,47-,48-,49-,50-/m1/s1. The average molecular weight is 1280 g/mol. The van der Waals surface area contributed by atoms with Crippen molar-refractivity contribution in [2.75, 3.05) is 39.6 Å². The Bertz CT molecular complexity index is 2650. The van der Waals surface area contributed by atoms with Crippen molar-refractivity contribution in [3.63, 3.8) is 0 Å². The first-order chi connectivity index (χ1) is 40.8. The third-order valence-corrected chi connectivity index (χ3v) is 18.4. The van der Waals surface area contributed by atoms with Crippen molar-refractivity contribution in [2.45, 2.75) is 208 Å². The quantitative estimate of drug-likeness (QED) is 0.0878. The smallest absolute Gasteiger partial charge is 0.297 e. The topological polar surface area (TPSA) is 521 Å². The van der Waals surface area contributed by atoms with Crippen LogP contribution in [-0.2, 0) is 85.4 Å². The molecule has 22 heterocycles. The number of hydrogen-bond acceptors (Lipinski definition) is 34. The monoisotopic (exact) mass is 1280 g/mol. The predicted octanol–water partition coefficient (Wildman–Crippen LogP) is -9.61. The van der Waals surface area contributed by atoms with Crippen molar-refractivity contribution in [1.29, 1.82) is 0 Å². The number of aliphatic hydroxyl groups excluding tert-OH is 16. The second-order valence-corrected chi connectivity index (χ2v) is 24.7. The molecule has 0 amide bonds. The molecule has 86 heavy (non-hydrogen) atoms. The highest BCUT2D eigenvalue weighted by molar-refractivity contribution is 7.87.